The Morgan fingerprint density at radius 2 is 1.37 bits per heavy atom. The average Bonchev–Trinajstić information content (AvgIpc) is 2.67. The van der Waals surface area contributed by atoms with Crippen LogP contribution < -0.4 is 5.32 Å². The molecule has 144 valence electrons. The zero-order valence-electron chi connectivity index (χ0n) is 14.8. The second kappa shape index (κ2) is 9.74. The molecule has 0 aromatic heterocycles. The molecule has 5 nitrogen and oxygen atoms in total. The molecule has 0 aliphatic carbocycles. The van der Waals surface area contributed by atoms with Crippen molar-refractivity contribution in [3.05, 3.63) is 69.7 Å². The van der Waals surface area contributed by atoms with Gasteiger partial charge in [-0.25, -0.2) is 0 Å². The lowest BCUT2D eigenvalue weighted by molar-refractivity contribution is 0.0684. The summed E-state index contributed by atoms with van der Waals surface area (Å²) in [6, 6.07) is 13.8. The lowest BCUT2D eigenvalue weighted by Crippen LogP contribution is -2.41. The molecule has 7 heteroatoms. The Morgan fingerprint density at radius 3 is 1.89 bits per heavy atom. The van der Waals surface area contributed by atoms with Gasteiger partial charge in [-0.15, -0.1) is 0 Å². The summed E-state index contributed by atoms with van der Waals surface area (Å²) in [7, 11) is 0. The Kier molecular flexibility index (Phi) is 7.66. The van der Waals surface area contributed by atoms with Gasteiger partial charge in [0.2, 0.25) is 0 Å². The molecular weight excluding hydrogens is 387 g/mol. The summed E-state index contributed by atoms with van der Waals surface area (Å²) in [6.07, 6.45) is 1.75. The maximum atomic E-state index is 12.5. The van der Waals surface area contributed by atoms with E-state index in [0.717, 1.165) is 12.8 Å². The summed E-state index contributed by atoms with van der Waals surface area (Å²) < 4.78 is 0. The normalized spacial score (nSPS) is 14.4. The van der Waals surface area contributed by atoms with E-state index in [0.29, 0.717) is 46.7 Å². The minimum absolute atomic E-state index is 0. The number of likely N-dealkylation sites (tertiary alicyclic amines) is 1. The van der Waals surface area contributed by atoms with Crippen molar-refractivity contribution in [2.45, 2.75) is 12.8 Å². The second-order valence-corrected chi connectivity index (χ2v) is 7.33. The largest absolute Gasteiger partial charge is 0.412 e. The number of halogens is 2. The van der Waals surface area contributed by atoms with E-state index in [9.17, 15) is 9.59 Å². The highest BCUT2D eigenvalue weighted by Crippen LogP contribution is 2.19. The quantitative estimate of drug-likeness (QED) is 0.839. The molecule has 1 aliphatic rings. The van der Waals surface area contributed by atoms with Crippen LogP contribution in [0.25, 0.3) is 0 Å². The van der Waals surface area contributed by atoms with Gasteiger partial charge in [-0.1, -0.05) is 23.2 Å². The summed E-state index contributed by atoms with van der Waals surface area (Å²) in [5, 5.41) is 4.20. The van der Waals surface area contributed by atoms with Gasteiger partial charge in [-0.05, 0) is 67.3 Å². The van der Waals surface area contributed by atoms with E-state index in [1.54, 1.807) is 48.5 Å². The van der Waals surface area contributed by atoms with Gasteiger partial charge in [0.15, 0.2) is 0 Å². The van der Waals surface area contributed by atoms with Crippen LogP contribution in [0.5, 0.6) is 0 Å². The summed E-state index contributed by atoms with van der Waals surface area (Å²) >= 11 is 11.7. The number of amides is 2. The molecule has 3 rings (SSSR count). The molecule has 1 fully saturated rings. The average molecular weight is 409 g/mol. The number of hydrogen-bond donors (Lipinski definition) is 1. The predicted molar refractivity (Wildman–Crippen MR) is 107 cm³/mol. The van der Waals surface area contributed by atoms with Crippen LogP contribution in [0.4, 0.5) is 0 Å². The molecule has 3 N–H and O–H groups in total. The van der Waals surface area contributed by atoms with E-state index in [1.165, 1.54) is 0 Å². The Hall–Kier alpha value is -2.08. The highest BCUT2D eigenvalue weighted by Gasteiger charge is 2.24. The van der Waals surface area contributed by atoms with E-state index in [2.05, 4.69) is 5.32 Å². The standard InChI is InChI=1S/C20H20Cl2N2O2.H2O/c21-17-5-1-15(2-6-17)19(25)23-13-14-9-11-24(12-10-14)20(26)16-3-7-18(22)8-4-16;/h1-8,14H,9-13H2,(H,23,25);1H2. The van der Waals surface area contributed by atoms with E-state index < -0.39 is 0 Å². The number of carbonyl (C=O) groups is 2. The number of carbonyl (C=O) groups excluding carboxylic acids is 2. The number of hydrogen-bond acceptors (Lipinski definition) is 2. The van der Waals surface area contributed by atoms with Crippen LogP contribution in [0.3, 0.4) is 0 Å². The fraction of sp³-hybridized carbons (Fsp3) is 0.300. The van der Waals surface area contributed by atoms with E-state index in [4.69, 9.17) is 23.2 Å². The van der Waals surface area contributed by atoms with E-state index >= 15 is 0 Å². The van der Waals surface area contributed by atoms with Gasteiger partial charge >= 0.3 is 0 Å². The molecule has 2 amide bonds. The molecule has 0 radical (unpaired) electrons. The fourth-order valence-corrected chi connectivity index (χ4v) is 3.31. The first kappa shape index (κ1) is 21.2. The third-order valence-electron chi connectivity index (χ3n) is 4.65. The van der Waals surface area contributed by atoms with Gasteiger partial charge < -0.3 is 15.7 Å². The first-order chi connectivity index (χ1) is 12.5. The molecule has 2 aromatic rings. The highest BCUT2D eigenvalue weighted by molar-refractivity contribution is 6.31. The van der Waals surface area contributed by atoms with Crippen molar-refractivity contribution in [3.63, 3.8) is 0 Å². The molecule has 0 bridgehead atoms. The van der Waals surface area contributed by atoms with Crippen molar-refractivity contribution in [1.82, 2.24) is 10.2 Å². The van der Waals surface area contributed by atoms with Crippen LogP contribution in [0, 0.1) is 5.92 Å². The highest BCUT2D eigenvalue weighted by atomic mass is 35.5. The monoisotopic (exact) mass is 408 g/mol. The maximum absolute atomic E-state index is 12.5. The molecule has 0 unspecified atom stereocenters. The van der Waals surface area contributed by atoms with Gasteiger partial charge in [0.25, 0.3) is 11.8 Å². The number of piperidine rings is 1. The lowest BCUT2D eigenvalue weighted by atomic mass is 9.96. The van der Waals surface area contributed by atoms with Crippen molar-refractivity contribution in [2.24, 2.45) is 5.92 Å². The molecule has 0 spiro atoms. The Morgan fingerprint density at radius 1 is 0.889 bits per heavy atom. The summed E-state index contributed by atoms with van der Waals surface area (Å²) in [6.45, 7) is 2.01. The molecule has 27 heavy (non-hydrogen) atoms. The van der Waals surface area contributed by atoms with E-state index in [-0.39, 0.29) is 17.3 Å². The Balaban J connectivity index is 0.00000261. The van der Waals surface area contributed by atoms with Crippen molar-refractivity contribution < 1.29 is 15.1 Å². The van der Waals surface area contributed by atoms with Crippen molar-refractivity contribution in [3.8, 4) is 0 Å². The van der Waals surface area contributed by atoms with Crippen LogP contribution in [-0.2, 0) is 0 Å². The van der Waals surface area contributed by atoms with Gasteiger partial charge in [-0.2, -0.15) is 0 Å². The number of nitrogens with one attached hydrogen (secondary N) is 1. The number of benzene rings is 2. The first-order valence-corrected chi connectivity index (χ1v) is 9.37. The molecule has 1 heterocycles. The molecule has 0 atom stereocenters. The predicted octanol–water partition coefficient (Wildman–Crippen LogP) is 3.45. The molecule has 1 aliphatic heterocycles. The minimum Gasteiger partial charge on any atom is -0.412 e. The van der Waals surface area contributed by atoms with Crippen LogP contribution in [0.1, 0.15) is 33.6 Å². The van der Waals surface area contributed by atoms with Crippen LogP contribution in [-0.4, -0.2) is 41.8 Å². The Bertz CT molecular complexity index is 771. The third-order valence-corrected chi connectivity index (χ3v) is 5.15. The topological polar surface area (TPSA) is 80.9 Å². The van der Waals surface area contributed by atoms with Crippen molar-refractivity contribution >= 4 is 35.0 Å². The van der Waals surface area contributed by atoms with Gasteiger partial charge in [0.1, 0.15) is 0 Å². The minimum atomic E-state index is -0.0960. The number of nitrogens with zero attached hydrogens (tertiary/aromatic N) is 1. The summed E-state index contributed by atoms with van der Waals surface area (Å²) in [4.78, 5) is 26.5. The van der Waals surface area contributed by atoms with Crippen LogP contribution in [0.2, 0.25) is 10.0 Å². The maximum Gasteiger partial charge on any atom is 0.253 e. The van der Waals surface area contributed by atoms with E-state index in [1.807, 2.05) is 4.90 Å². The molecular formula is C20H22Cl2N2O3. The molecule has 0 saturated carbocycles. The third kappa shape index (κ3) is 5.70. The summed E-state index contributed by atoms with van der Waals surface area (Å²) in [5.41, 5.74) is 1.26. The second-order valence-electron chi connectivity index (χ2n) is 6.46. The zero-order chi connectivity index (χ0) is 18.5. The van der Waals surface area contributed by atoms with Crippen LogP contribution >= 0.6 is 23.2 Å². The van der Waals surface area contributed by atoms with Crippen LogP contribution in [0.15, 0.2) is 48.5 Å². The van der Waals surface area contributed by atoms with Gasteiger partial charge in [0.05, 0.1) is 0 Å². The first-order valence-electron chi connectivity index (χ1n) is 8.61. The summed E-state index contributed by atoms with van der Waals surface area (Å²) in [5.74, 6) is 0.312. The zero-order valence-corrected chi connectivity index (χ0v) is 16.3. The Labute approximate surface area is 168 Å². The lowest BCUT2D eigenvalue weighted by Gasteiger charge is -2.32. The molecule has 2 aromatic carbocycles. The van der Waals surface area contributed by atoms with Crippen molar-refractivity contribution in [2.75, 3.05) is 19.6 Å². The molecule has 1 saturated heterocycles. The number of rotatable bonds is 4. The smallest absolute Gasteiger partial charge is 0.253 e. The van der Waals surface area contributed by atoms with Crippen molar-refractivity contribution in [1.29, 1.82) is 0 Å². The van der Waals surface area contributed by atoms with Gasteiger partial charge in [-0.3, -0.25) is 9.59 Å². The fourth-order valence-electron chi connectivity index (χ4n) is 3.06. The van der Waals surface area contributed by atoms with Gasteiger partial charge in [0, 0.05) is 40.8 Å². The SMILES string of the molecule is O.O=C(NCC1CCN(C(=O)c2ccc(Cl)cc2)CC1)c1ccc(Cl)cc1.